The van der Waals surface area contributed by atoms with Crippen LogP contribution in [0.25, 0.3) is 0 Å². The molecule has 0 unspecified atom stereocenters. The fraction of sp³-hybridized carbons (Fsp3) is 0.421. The Morgan fingerprint density at radius 2 is 2.00 bits per heavy atom. The highest BCUT2D eigenvalue weighted by Crippen LogP contribution is 2.29. The minimum Gasteiger partial charge on any atom is -0.348 e. The Bertz CT molecular complexity index is 751. The Morgan fingerprint density at radius 3 is 2.58 bits per heavy atom. The molecular weight excluding hydrogens is 302 g/mol. The first-order chi connectivity index (χ1) is 11.5. The number of carbonyl (C=O) groups is 2. The Hall–Kier alpha value is -2.43. The van der Waals surface area contributed by atoms with E-state index in [1.54, 1.807) is 17.7 Å². The van der Waals surface area contributed by atoms with Crippen LogP contribution < -0.4 is 5.32 Å². The monoisotopic (exact) mass is 325 g/mol. The average Bonchev–Trinajstić information content (AvgIpc) is 3.12. The third kappa shape index (κ3) is 3.25. The predicted octanol–water partition coefficient (Wildman–Crippen LogP) is 3.22. The summed E-state index contributed by atoms with van der Waals surface area (Å²) < 4.78 is 1.67. The molecule has 1 N–H and O–H groups in total. The van der Waals surface area contributed by atoms with Crippen LogP contribution in [0.2, 0.25) is 0 Å². The number of nitrogens with one attached hydrogen (secondary N) is 1. The number of hydrogen-bond acceptors (Lipinski definition) is 3. The van der Waals surface area contributed by atoms with Crippen molar-refractivity contribution in [2.75, 3.05) is 0 Å². The van der Waals surface area contributed by atoms with Crippen molar-refractivity contribution in [2.24, 2.45) is 5.92 Å². The number of carbonyl (C=O) groups excluding carboxylic acids is 2. The highest BCUT2D eigenvalue weighted by Gasteiger charge is 2.35. The number of aromatic nitrogens is 2. The summed E-state index contributed by atoms with van der Waals surface area (Å²) >= 11 is 0. The Morgan fingerprint density at radius 1 is 1.33 bits per heavy atom. The van der Waals surface area contributed by atoms with Gasteiger partial charge in [0.2, 0.25) is 0 Å². The molecular formula is C19H23N3O2. The quantitative estimate of drug-likeness (QED) is 0.829. The molecule has 1 fully saturated rings. The lowest BCUT2D eigenvalue weighted by molar-refractivity contribution is 0.0936. The van der Waals surface area contributed by atoms with Crippen LogP contribution in [0.1, 0.15) is 66.2 Å². The molecule has 1 saturated carbocycles. The van der Waals surface area contributed by atoms with Crippen LogP contribution in [-0.2, 0) is 0 Å². The highest BCUT2D eigenvalue weighted by molar-refractivity contribution is 5.99. The van der Waals surface area contributed by atoms with Gasteiger partial charge in [-0.3, -0.25) is 14.3 Å². The van der Waals surface area contributed by atoms with E-state index < -0.39 is 0 Å². The van der Waals surface area contributed by atoms with E-state index in [1.165, 1.54) is 0 Å². The summed E-state index contributed by atoms with van der Waals surface area (Å²) in [5, 5.41) is 7.46. The summed E-state index contributed by atoms with van der Waals surface area (Å²) in [5.74, 6) is 0.311. The molecule has 2 aromatic rings. The number of Topliss-reactive ketones (excluding diaryl/α,β-unsaturated/α-hetero) is 1. The Balaban J connectivity index is 1.94. The van der Waals surface area contributed by atoms with Crippen molar-refractivity contribution < 1.29 is 9.59 Å². The topological polar surface area (TPSA) is 64.0 Å². The summed E-state index contributed by atoms with van der Waals surface area (Å²) in [5.41, 5.74) is 1.85. The molecule has 0 spiro atoms. The first-order valence-corrected chi connectivity index (χ1v) is 8.49. The third-order valence-electron chi connectivity index (χ3n) is 4.65. The fourth-order valence-electron chi connectivity index (χ4n) is 2.81. The first-order valence-electron chi connectivity index (χ1n) is 8.49. The molecule has 1 aromatic carbocycles. The van der Waals surface area contributed by atoms with Gasteiger partial charge in [0.1, 0.15) is 11.4 Å². The van der Waals surface area contributed by atoms with Crippen LogP contribution in [0, 0.1) is 5.92 Å². The molecule has 3 rings (SSSR count). The Labute approximate surface area is 142 Å². The van der Waals surface area contributed by atoms with E-state index in [-0.39, 0.29) is 23.8 Å². The number of rotatable bonds is 6. The average molecular weight is 325 g/mol. The molecule has 24 heavy (non-hydrogen) atoms. The number of hydrogen-bond donors (Lipinski definition) is 1. The van der Waals surface area contributed by atoms with Crippen LogP contribution in [0.5, 0.6) is 0 Å². The number of amides is 1. The molecule has 1 heterocycles. The van der Waals surface area contributed by atoms with Gasteiger partial charge >= 0.3 is 0 Å². The lowest BCUT2D eigenvalue weighted by Crippen LogP contribution is -2.29. The smallest absolute Gasteiger partial charge is 0.269 e. The predicted molar refractivity (Wildman–Crippen MR) is 92.1 cm³/mol. The molecule has 5 heteroatoms. The van der Waals surface area contributed by atoms with Crippen molar-refractivity contribution in [1.82, 2.24) is 15.1 Å². The van der Waals surface area contributed by atoms with Gasteiger partial charge in [0.15, 0.2) is 5.78 Å². The minimum atomic E-state index is -0.158. The fourth-order valence-corrected chi connectivity index (χ4v) is 2.81. The molecule has 1 aliphatic rings. The Kier molecular flexibility index (Phi) is 4.51. The van der Waals surface area contributed by atoms with E-state index >= 15 is 0 Å². The zero-order valence-corrected chi connectivity index (χ0v) is 14.3. The van der Waals surface area contributed by atoms with Crippen LogP contribution in [0.15, 0.2) is 36.4 Å². The van der Waals surface area contributed by atoms with Crippen molar-refractivity contribution in [3.8, 4) is 0 Å². The van der Waals surface area contributed by atoms with E-state index in [4.69, 9.17) is 0 Å². The number of nitrogens with zero attached hydrogens (tertiary/aromatic N) is 2. The van der Waals surface area contributed by atoms with Gasteiger partial charge in [-0.15, -0.1) is 0 Å². The summed E-state index contributed by atoms with van der Waals surface area (Å²) in [4.78, 5) is 24.7. The molecule has 1 amide bonds. The second-order valence-electron chi connectivity index (χ2n) is 6.52. The first kappa shape index (κ1) is 16.4. The number of benzene rings is 1. The second-order valence-corrected chi connectivity index (χ2v) is 6.52. The van der Waals surface area contributed by atoms with Gasteiger partial charge in [-0.05, 0) is 24.8 Å². The van der Waals surface area contributed by atoms with Crippen molar-refractivity contribution >= 4 is 11.7 Å². The lowest BCUT2D eigenvalue weighted by atomic mass is 10.1. The summed E-state index contributed by atoms with van der Waals surface area (Å²) in [6.45, 7) is 5.90. The zero-order valence-electron chi connectivity index (χ0n) is 14.3. The summed E-state index contributed by atoms with van der Waals surface area (Å²) in [7, 11) is 0. The molecule has 1 aliphatic carbocycles. The molecule has 5 nitrogen and oxygen atoms in total. The van der Waals surface area contributed by atoms with Crippen molar-refractivity contribution in [3.63, 3.8) is 0 Å². The molecule has 0 aliphatic heterocycles. The van der Waals surface area contributed by atoms with Gasteiger partial charge < -0.3 is 5.32 Å². The van der Waals surface area contributed by atoms with Gasteiger partial charge in [-0.25, -0.2) is 0 Å². The van der Waals surface area contributed by atoms with Crippen LogP contribution in [-0.4, -0.2) is 27.5 Å². The molecule has 126 valence electrons. The van der Waals surface area contributed by atoms with Gasteiger partial charge in [-0.2, -0.15) is 5.10 Å². The zero-order chi connectivity index (χ0) is 17.3. The maximum atomic E-state index is 12.6. The number of ketones is 1. The third-order valence-corrected chi connectivity index (χ3v) is 4.65. The highest BCUT2D eigenvalue weighted by atomic mass is 16.2. The molecule has 1 aromatic heterocycles. The van der Waals surface area contributed by atoms with Gasteiger partial charge in [0.05, 0.1) is 6.04 Å². The van der Waals surface area contributed by atoms with E-state index in [9.17, 15) is 9.59 Å². The normalized spacial score (nSPS) is 20.5. The van der Waals surface area contributed by atoms with Crippen molar-refractivity contribution in [1.29, 1.82) is 0 Å². The maximum Gasteiger partial charge on any atom is 0.269 e. The van der Waals surface area contributed by atoms with Crippen LogP contribution in [0.3, 0.4) is 0 Å². The largest absolute Gasteiger partial charge is 0.348 e. The molecule has 0 saturated heterocycles. The lowest BCUT2D eigenvalue weighted by Gasteiger charge is -2.16. The molecule has 0 bridgehead atoms. The van der Waals surface area contributed by atoms with Gasteiger partial charge in [0.25, 0.3) is 5.91 Å². The molecule has 3 atom stereocenters. The van der Waals surface area contributed by atoms with E-state index in [1.807, 2.05) is 37.3 Å². The van der Waals surface area contributed by atoms with Crippen molar-refractivity contribution in [3.05, 3.63) is 53.3 Å². The SMILES string of the molecule is CCC(=O)c1cc(C(=O)N[C@H]2C[C@@H]2C)n([C@@H](C)c2ccccc2)n1. The molecule has 0 radical (unpaired) electrons. The van der Waals surface area contributed by atoms with Crippen LogP contribution >= 0.6 is 0 Å². The second kappa shape index (κ2) is 6.59. The van der Waals surface area contributed by atoms with Gasteiger partial charge in [0, 0.05) is 18.5 Å². The van der Waals surface area contributed by atoms with Crippen LogP contribution in [0.4, 0.5) is 0 Å². The summed E-state index contributed by atoms with van der Waals surface area (Å²) in [6, 6.07) is 11.6. The summed E-state index contributed by atoms with van der Waals surface area (Å²) in [6.07, 6.45) is 1.38. The van der Waals surface area contributed by atoms with E-state index in [2.05, 4.69) is 17.3 Å². The maximum absolute atomic E-state index is 12.6. The van der Waals surface area contributed by atoms with E-state index in [0.29, 0.717) is 23.7 Å². The standard InChI is InChI=1S/C19H23N3O2/c1-4-18(23)16-11-17(19(24)20-15-10-12(15)2)22(21-16)13(3)14-8-6-5-7-9-14/h5-9,11-13,15H,4,10H2,1-3H3,(H,20,24)/t12-,13-,15-/m0/s1. The van der Waals surface area contributed by atoms with Gasteiger partial charge in [-0.1, -0.05) is 44.2 Å². The van der Waals surface area contributed by atoms with Crippen molar-refractivity contribution in [2.45, 2.75) is 45.7 Å². The minimum absolute atomic E-state index is 0.0529. The van der Waals surface area contributed by atoms with E-state index in [0.717, 1.165) is 12.0 Å².